The average molecular weight is 329 g/mol. The van der Waals surface area contributed by atoms with Gasteiger partial charge < -0.3 is 4.79 Å². The van der Waals surface area contributed by atoms with Gasteiger partial charge in [0.15, 0.2) is 0 Å². The SMILES string of the molecule is CC1CC(=CC=C2CCCC3(C)C2CCC3C(C)C=O)CC(C)C1. The van der Waals surface area contributed by atoms with E-state index in [1.165, 1.54) is 57.7 Å². The molecule has 0 radical (unpaired) electrons. The highest BCUT2D eigenvalue weighted by Gasteiger charge is 2.50. The van der Waals surface area contributed by atoms with Gasteiger partial charge in [-0.1, -0.05) is 51.0 Å². The number of carbonyl (C=O) groups is 1. The van der Waals surface area contributed by atoms with Crippen molar-refractivity contribution in [2.24, 2.45) is 35.0 Å². The maximum Gasteiger partial charge on any atom is 0.123 e. The number of hydrogen-bond acceptors (Lipinski definition) is 1. The standard InChI is InChI=1S/C23H36O/c1-16-12-17(2)14-19(13-16)7-8-20-6-5-11-23(4)21(18(3)15-24)9-10-22(20)23/h7-8,15-18,21-22H,5-6,9-14H2,1-4H3. The summed E-state index contributed by atoms with van der Waals surface area (Å²) in [6.07, 6.45) is 16.6. The van der Waals surface area contributed by atoms with Gasteiger partial charge in [-0.25, -0.2) is 0 Å². The van der Waals surface area contributed by atoms with Crippen LogP contribution in [0, 0.1) is 35.0 Å². The molecular weight excluding hydrogens is 292 g/mol. The highest BCUT2D eigenvalue weighted by Crippen LogP contribution is 2.59. The number of carbonyl (C=O) groups excluding carboxylic acids is 1. The molecule has 6 unspecified atom stereocenters. The van der Waals surface area contributed by atoms with Crippen LogP contribution in [0.4, 0.5) is 0 Å². The molecule has 1 heteroatoms. The van der Waals surface area contributed by atoms with Crippen molar-refractivity contribution >= 4 is 6.29 Å². The van der Waals surface area contributed by atoms with Gasteiger partial charge in [-0.15, -0.1) is 0 Å². The van der Waals surface area contributed by atoms with E-state index in [0.29, 0.717) is 17.3 Å². The van der Waals surface area contributed by atoms with E-state index in [1.54, 1.807) is 11.1 Å². The predicted octanol–water partition coefficient (Wildman–Crippen LogP) is 6.35. The molecule has 3 aliphatic rings. The van der Waals surface area contributed by atoms with Crippen LogP contribution in [-0.2, 0) is 4.79 Å². The first-order chi connectivity index (χ1) is 11.4. The van der Waals surface area contributed by atoms with Crippen molar-refractivity contribution in [2.75, 3.05) is 0 Å². The van der Waals surface area contributed by atoms with Crippen molar-refractivity contribution < 1.29 is 4.79 Å². The van der Waals surface area contributed by atoms with E-state index in [2.05, 4.69) is 39.8 Å². The van der Waals surface area contributed by atoms with Gasteiger partial charge in [0.2, 0.25) is 0 Å². The molecule has 0 amide bonds. The van der Waals surface area contributed by atoms with Gasteiger partial charge in [-0.05, 0) is 80.5 Å². The fourth-order valence-electron chi connectivity index (χ4n) is 6.43. The third kappa shape index (κ3) is 3.41. The van der Waals surface area contributed by atoms with Gasteiger partial charge in [0, 0.05) is 5.92 Å². The zero-order chi connectivity index (χ0) is 17.3. The van der Waals surface area contributed by atoms with E-state index >= 15 is 0 Å². The Bertz CT molecular complexity index is 516. The van der Waals surface area contributed by atoms with E-state index in [0.717, 1.165) is 11.8 Å². The molecule has 0 aliphatic heterocycles. The maximum absolute atomic E-state index is 11.4. The van der Waals surface area contributed by atoms with Crippen LogP contribution in [0.1, 0.15) is 79.1 Å². The Labute approximate surface area is 149 Å². The van der Waals surface area contributed by atoms with Crippen LogP contribution in [0.25, 0.3) is 0 Å². The van der Waals surface area contributed by atoms with Crippen LogP contribution in [0.2, 0.25) is 0 Å². The molecule has 0 heterocycles. The third-order valence-electron chi connectivity index (χ3n) is 7.45. The van der Waals surface area contributed by atoms with Gasteiger partial charge in [0.25, 0.3) is 0 Å². The first kappa shape index (κ1) is 18.0. The molecule has 3 saturated carbocycles. The molecule has 0 saturated heterocycles. The van der Waals surface area contributed by atoms with Gasteiger partial charge >= 0.3 is 0 Å². The van der Waals surface area contributed by atoms with E-state index in [9.17, 15) is 4.79 Å². The molecule has 134 valence electrons. The summed E-state index contributed by atoms with van der Waals surface area (Å²) in [5, 5.41) is 0. The topological polar surface area (TPSA) is 17.1 Å². The summed E-state index contributed by atoms with van der Waals surface area (Å²) in [4.78, 5) is 11.4. The molecule has 1 nitrogen and oxygen atoms in total. The number of allylic oxidation sites excluding steroid dienone is 4. The minimum Gasteiger partial charge on any atom is -0.303 e. The lowest BCUT2D eigenvalue weighted by molar-refractivity contribution is -0.113. The van der Waals surface area contributed by atoms with Crippen LogP contribution in [0.3, 0.4) is 0 Å². The van der Waals surface area contributed by atoms with Crippen molar-refractivity contribution in [3.63, 3.8) is 0 Å². The Morgan fingerprint density at radius 1 is 1.12 bits per heavy atom. The summed E-state index contributed by atoms with van der Waals surface area (Å²) >= 11 is 0. The second-order valence-electron chi connectivity index (χ2n) is 9.51. The Hall–Kier alpha value is -0.850. The fourth-order valence-corrected chi connectivity index (χ4v) is 6.43. The van der Waals surface area contributed by atoms with Crippen LogP contribution >= 0.6 is 0 Å². The Morgan fingerprint density at radius 2 is 1.83 bits per heavy atom. The Morgan fingerprint density at radius 3 is 2.50 bits per heavy atom. The highest BCUT2D eigenvalue weighted by atomic mass is 16.1. The number of hydrogen-bond donors (Lipinski definition) is 0. The summed E-state index contributed by atoms with van der Waals surface area (Å²) in [6.45, 7) is 9.41. The van der Waals surface area contributed by atoms with E-state index in [-0.39, 0.29) is 5.92 Å². The summed E-state index contributed by atoms with van der Waals surface area (Å²) in [6, 6.07) is 0. The summed E-state index contributed by atoms with van der Waals surface area (Å²) < 4.78 is 0. The zero-order valence-corrected chi connectivity index (χ0v) is 16.2. The zero-order valence-electron chi connectivity index (χ0n) is 16.2. The second-order valence-corrected chi connectivity index (χ2v) is 9.51. The maximum atomic E-state index is 11.4. The van der Waals surface area contributed by atoms with Gasteiger partial charge in [0.05, 0.1) is 0 Å². The highest BCUT2D eigenvalue weighted by molar-refractivity contribution is 5.54. The quantitative estimate of drug-likeness (QED) is 0.552. The third-order valence-corrected chi connectivity index (χ3v) is 7.45. The fraction of sp³-hybridized carbons (Fsp3) is 0.783. The van der Waals surface area contributed by atoms with Gasteiger partial charge in [0.1, 0.15) is 6.29 Å². The number of fused-ring (bicyclic) bond motifs is 1. The van der Waals surface area contributed by atoms with Gasteiger partial charge in [-0.2, -0.15) is 0 Å². The molecule has 6 atom stereocenters. The molecule has 24 heavy (non-hydrogen) atoms. The van der Waals surface area contributed by atoms with Crippen molar-refractivity contribution in [3.8, 4) is 0 Å². The van der Waals surface area contributed by atoms with E-state index in [1.807, 2.05) is 0 Å². The summed E-state index contributed by atoms with van der Waals surface area (Å²) in [5.41, 5.74) is 3.70. The molecule has 3 rings (SSSR count). The Balaban J connectivity index is 1.78. The van der Waals surface area contributed by atoms with Crippen molar-refractivity contribution in [3.05, 3.63) is 23.3 Å². The lowest BCUT2D eigenvalue weighted by Gasteiger charge is -2.43. The number of aldehydes is 1. The summed E-state index contributed by atoms with van der Waals surface area (Å²) in [7, 11) is 0. The molecular formula is C23H36O. The second kappa shape index (κ2) is 7.18. The predicted molar refractivity (Wildman–Crippen MR) is 102 cm³/mol. The first-order valence-corrected chi connectivity index (χ1v) is 10.3. The van der Waals surface area contributed by atoms with Crippen LogP contribution in [-0.4, -0.2) is 6.29 Å². The van der Waals surface area contributed by atoms with Gasteiger partial charge in [-0.3, -0.25) is 0 Å². The largest absolute Gasteiger partial charge is 0.303 e. The van der Waals surface area contributed by atoms with Crippen molar-refractivity contribution in [1.29, 1.82) is 0 Å². The first-order valence-electron chi connectivity index (χ1n) is 10.3. The molecule has 0 N–H and O–H groups in total. The lowest BCUT2D eigenvalue weighted by Crippen LogP contribution is -2.36. The molecule has 3 aliphatic carbocycles. The van der Waals surface area contributed by atoms with Crippen LogP contribution in [0.5, 0.6) is 0 Å². The lowest BCUT2D eigenvalue weighted by atomic mass is 9.61. The molecule has 0 aromatic carbocycles. The van der Waals surface area contributed by atoms with Crippen LogP contribution in [0.15, 0.2) is 23.3 Å². The summed E-state index contributed by atoms with van der Waals surface area (Å²) in [5.74, 6) is 3.22. The minimum absolute atomic E-state index is 0.220. The molecule has 0 bridgehead atoms. The molecule has 0 spiro atoms. The van der Waals surface area contributed by atoms with Crippen molar-refractivity contribution in [2.45, 2.75) is 79.1 Å². The average Bonchev–Trinajstić information content (AvgIpc) is 2.89. The number of rotatable bonds is 3. The van der Waals surface area contributed by atoms with Crippen molar-refractivity contribution in [1.82, 2.24) is 0 Å². The van der Waals surface area contributed by atoms with E-state index < -0.39 is 0 Å². The molecule has 0 aromatic heterocycles. The monoisotopic (exact) mass is 328 g/mol. The van der Waals surface area contributed by atoms with Crippen LogP contribution < -0.4 is 0 Å². The van der Waals surface area contributed by atoms with E-state index in [4.69, 9.17) is 0 Å². The normalized spacial score (nSPS) is 42.7. The smallest absolute Gasteiger partial charge is 0.123 e. The molecule has 0 aromatic rings. The Kier molecular flexibility index (Phi) is 5.37. The molecule has 3 fully saturated rings. The minimum atomic E-state index is 0.220.